The molecule has 1 amide bonds. The third-order valence-electron chi connectivity index (χ3n) is 2.62. The Morgan fingerprint density at radius 1 is 1.33 bits per heavy atom. The van der Waals surface area contributed by atoms with Crippen molar-refractivity contribution in [2.75, 3.05) is 20.8 Å². The summed E-state index contributed by atoms with van der Waals surface area (Å²) in [6, 6.07) is 4.51. The molecule has 0 aliphatic rings. The number of alkyl halides is 3. The fourth-order valence-electron chi connectivity index (χ4n) is 1.68. The Labute approximate surface area is 120 Å². The number of benzene rings is 1. The summed E-state index contributed by atoms with van der Waals surface area (Å²) in [6.07, 6.45) is -4.72. The highest BCUT2D eigenvalue weighted by atomic mass is 19.4. The first-order valence-electron chi connectivity index (χ1n) is 6.07. The van der Waals surface area contributed by atoms with Gasteiger partial charge in [0.15, 0.2) is 0 Å². The van der Waals surface area contributed by atoms with E-state index < -0.39 is 12.4 Å². The number of hydrogen-bond donors (Lipinski definition) is 1. The molecule has 0 radical (unpaired) electrons. The van der Waals surface area contributed by atoms with E-state index in [4.69, 9.17) is 10.5 Å². The average Bonchev–Trinajstić information content (AvgIpc) is 2.38. The van der Waals surface area contributed by atoms with Crippen LogP contribution in [-0.2, 0) is 16.1 Å². The van der Waals surface area contributed by atoms with Gasteiger partial charge >= 0.3 is 6.36 Å². The van der Waals surface area contributed by atoms with Gasteiger partial charge < -0.3 is 20.1 Å². The normalized spacial score (nSPS) is 12.9. The van der Waals surface area contributed by atoms with E-state index in [0.29, 0.717) is 5.56 Å². The quantitative estimate of drug-likeness (QED) is 0.865. The number of rotatable bonds is 6. The molecule has 1 aromatic rings. The number of ether oxygens (including phenoxy) is 2. The monoisotopic (exact) mass is 306 g/mol. The predicted molar refractivity (Wildman–Crippen MR) is 69.5 cm³/mol. The van der Waals surface area contributed by atoms with Gasteiger partial charge in [-0.2, -0.15) is 0 Å². The highest BCUT2D eigenvalue weighted by molar-refractivity contribution is 5.81. The van der Waals surface area contributed by atoms with Crippen LogP contribution >= 0.6 is 0 Å². The highest BCUT2D eigenvalue weighted by Gasteiger charge is 2.31. The van der Waals surface area contributed by atoms with Crippen LogP contribution in [0.1, 0.15) is 5.56 Å². The van der Waals surface area contributed by atoms with Gasteiger partial charge in [0.25, 0.3) is 0 Å². The maximum Gasteiger partial charge on any atom is 0.573 e. The number of hydrogen-bond acceptors (Lipinski definition) is 4. The molecule has 0 aliphatic heterocycles. The molecule has 2 N–H and O–H groups in total. The van der Waals surface area contributed by atoms with Gasteiger partial charge in [0.1, 0.15) is 11.8 Å². The Morgan fingerprint density at radius 2 is 1.90 bits per heavy atom. The number of nitrogens with zero attached hydrogens (tertiary/aromatic N) is 1. The van der Waals surface area contributed by atoms with Gasteiger partial charge in [-0.25, -0.2) is 0 Å². The molecule has 0 saturated carbocycles. The van der Waals surface area contributed by atoms with Crippen molar-refractivity contribution in [2.45, 2.75) is 18.9 Å². The number of carbonyl (C=O) groups is 1. The topological polar surface area (TPSA) is 64.8 Å². The van der Waals surface area contributed by atoms with Crippen molar-refractivity contribution in [3.05, 3.63) is 29.8 Å². The van der Waals surface area contributed by atoms with E-state index in [9.17, 15) is 18.0 Å². The van der Waals surface area contributed by atoms with E-state index >= 15 is 0 Å². The third kappa shape index (κ3) is 6.01. The maximum absolute atomic E-state index is 12.0. The minimum Gasteiger partial charge on any atom is -0.406 e. The van der Waals surface area contributed by atoms with Crippen molar-refractivity contribution >= 4 is 5.91 Å². The molecule has 0 heterocycles. The second kappa shape index (κ2) is 7.28. The molecule has 0 spiro atoms. The van der Waals surface area contributed by atoms with Crippen LogP contribution in [0.15, 0.2) is 24.3 Å². The van der Waals surface area contributed by atoms with Gasteiger partial charge in [0.2, 0.25) is 5.91 Å². The Balaban J connectivity index is 2.61. The predicted octanol–water partition coefficient (Wildman–Crippen LogP) is 1.52. The van der Waals surface area contributed by atoms with Crippen molar-refractivity contribution in [2.24, 2.45) is 5.73 Å². The van der Waals surface area contributed by atoms with Gasteiger partial charge in [-0.15, -0.1) is 13.2 Å². The Morgan fingerprint density at radius 3 is 2.38 bits per heavy atom. The minimum atomic E-state index is -4.72. The zero-order valence-corrected chi connectivity index (χ0v) is 11.7. The van der Waals surface area contributed by atoms with Crippen LogP contribution in [0.2, 0.25) is 0 Å². The molecule has 1 atom stereocenters. The molecular weight excluding hydrogens is 289 g/mol. The molecule has 0 saturated heterocycles. The van der Waals surface area contributed by atoms with Crippen molar-refractivity contribution in [3.63, 3.8) is 0 Å². The van der Waals surface area contributed by atoms with Crippen LogP contribution in [0.25, 0.3) is 0 Å². The lowest BCUT2D eigenvalue weighted by atomic mass is 10.2. The minimum absolute atomic E-state index is 0.0987. The SMILES string of the molecule is COCC(N)C(=O)N(C)Cc1ccc(OC(F)(F)F)cc1. The fourth-order valence-corrected chi connectivity index (χ4v) is 1.68. The summed E-state index contributed by atoms with van der Waals surface area (Å²) in [5.74, 6) is -0.621. The molecule has 21 heavy (non-hydrogen) atoms. The summed E-state index contributed by atoms with van der Waals surface area (Å²) >= 11 is 0. The highest BCUT2D eigenvalue weighted by Crippen LogP contribution is 2.22. The smallest absolute Gasteiger partial charge is 0.406 e. The van der Waals surface area contributed by atoms with Gasteiger partial charge in [-0.05, 0) is 17.7 Å². The van der Waals surface area contributed by atoms with Gasteiger partial charge in [0.05, 0.1) is 6.61 Å². The van der Waals surface area contributed by atoms with Crippen LogP contribution < -0.4 is 10.5 Å². The molecule has 5 nitrogen and oxygen atoms in total. The Kier molecular flexibility index (Phi) is 5.98. The summed E-state index contributed by atoms with van der Waals surface area (Å²) in [7, 11) is 2.99. The molecule has 0 aromatic heterocycles. The summed E-state index contributed by atoms with van der Waals surface area (Å²) in [6.45, 7) is 0.323. The number of likely N-dealkylation sites (N-methyl/N-ethyl adjacent to an activating group) is 1. The number of amides is 1. The average molecular weight is 306 g/mol. The summed E-state index contributed by atoms with van der Waals surface area (Å²) < 4.78 is 44.6. The molecule has 0 aliphatic carbocycles. The third-order valence-corrected chi connectivity index (χ3v) is 2.62. The summed E-state index contributed by atoms with van der Waals surface area (Å²) in [4.78, 5) is 13.2. The lowest BCUT2D eigenvalue weighted by Gasteiger charge is -2.21. The van der Waals surface area contributed by atoms with Crippen molar-refractivity contribution in [3.8, 4) is 5.75 Å². The van der Waals surface area contributed by atoms with E-state index in [0.717, 1.165) is 0 Å². The van der Waals surface area contributed by atoms with E-state index in [1.807, 2.05) is 0 Å². The first-order chi connectivity index (χ1) is 9.73. The molecule has 0 fully saturated rings. The zero-order chi connectivity index (χ0) is 16.0. The van der Waals surface area contributed by atoms with Crippen LogP contribution in [0.3, 0.4) is 0 Å². The molecular formula is C13H17F3N2O3. The van der Waals surface area contributed by atoms with Crippen molar-refractivity contribution in [1.82, 2.24) is 4.90 Å². The first kappa shape index (κ1) is 17.3. The molecule has 1 unspecified atom stereocenters. The van der Waals surface area contributed by atoms with Crippen LogP contribution in [0.4, 0.5) is 13.2 Å². The summed E-state index contributed by atoms with van der Waals surface area (Å²) in [5, 5.41) is 0. The molecule has 1 aromatic carbocycles. The van der Waals surface area contributed by atoms with Crippen LogP contribution in [0.5, 0.6) is 5.75 Å². The Bertz CT molecular complexity index is 463. The molecule has 0 bridgehead atoms. The number of methoxy groups -OCH3 is 1. The number of carbonyl (C=O) groups excluding carboxylic acids is 1. The van der Waals surface area contributed by atoms with E-state index in [1.165, 1.54) is 36.3 Å². The molecule has 118 valence electrons. The zero-order valence-electron chi connectivity index (χ0n) is 11.7. The van der Waals surface area contributed by atoms with E-state index in [1.54, 1.807) is 7.05 Å². The lowest BCUT2D eigenvalue weighted by Crippen LogP contribution is -2.44. The maximum atomic E-state index is 12.0. The second-order valence-corrected chi connectivity index (χ2v) is 4.45. The molecule has 1 rings (SSSR count). The van der Waals surface area contributed by atoms with Crippen molar-refractivity contribution in [1.29, 1.82) is 0 Å². The van der Waals surface area contributed by atoms with Gasteiger partial charge in [0, 0.05) is 20.7 Å². The van der Waals surface area contributed by atoms with Crippen LogP contribution in [0, 0.1) is 0 Å². The van der Waals surface area contributed by atoms with Gasteiger partial charge in [-0.3, -0.25) is 4.79 Å². The van der Waals surface area contributed by atoms with E-state index in [2.05, 4.69) is 4.74 Å². The number of nitrogens with two attached hydrogens (primary N) is 1. The van der Waals surface area contributed by atoms with Gasteiger partial charge in [-0.1, -0.05) is 12.1 Å². The second-order valence-electron chi connectivity index (χ2n) is 4.45. The fraction of sp³-hybridized carbons (Fsp3) is 0.462. The van der Waals surface area contributed by atoms with Crippen molar-refractivity contribution < 1.29 is 27.4 Å². The lowest BCUT2D eigenvalue weighted by molar-refractivity contribution is -0.274. The van der Waals surface area contributed by atoms with E-state index in [-0.39, 0.29) is 24.8 Å². The first-order valence-corrected chi connectivity index (χ1v) is 6.07. The standard InChI is InChI=1S/C13H17F3N2O3/c1-18(12(19)11(17)8-20-2)7-9-3-5-10(6-4-9)21-13(14,15)16/h3-6,11H,7-8,17H2,1-2H3. The number of halogens is 3. The molecule has 8 heteroatoms. The summed E-state index contributed by atoms with van der Waals surface area (Å²) in [5.41, 5.74) is 6.27. The largest absolute Gasteiger partial charge is 0.573 e. The Hall–Kier alpha value is -1.80. The van der Waals surface area contributed by atoms with Crippen LogP contribution in [-0.4, -0.2) is 44.0 Å².